The molecule has 1 aromatic carbocycles. The van der Waals surface area contributed by atoms with E-state index >= 15 is 0 Å². The largest absolute Gasteiger partial charge is 0.455 e. The van der Waals surface area contributed by atoms with Crippen molar-refractivity contribution < 1.29 is 13.4 Å². The summed E-state index contributed by atoms with van der Waals surface area (Å²) >= 11 is 3.36. The van der Waals surface area contributed by atoms with Crippen molar-refractivity contribution in [3.05, 3.63) is 52.4 Å². The summed E-state index contributed by atoms with van der Waals surface area (Å²) in [6.07, 6.45) is 0. The van der Waals surface area contributed by atoms with Gasteiger partial charge in [-0.1, -0.05) is 22.9 Å². The molecule has 2 aromatic rings. The number of likely N-dealkylation sites (N-methyl/N-ethyl adjacent to an activating group) is 1. The van der Waals surface area contributed by atoms with Crippen LogP contribution in [0.15, 0.2) is 50.2 Å². The molecule has 7 heteroatoms. The molecule has 0 aliphatic carbocycles. The Kier molecular flexibility index (Phi) is 6.09. The molecule has 0 N–H and O–H groups in total. The predicted molar refractivity (Wildman–Crippen MR) is 101 cm³/mol. The summed E-state index contributed by atoms with van der Waals surface area (Å²) in [6.45, 7) is 6.35. The summed E-state index contributed by atoms with van der Waals surface area (Å²) < 4.78 is 19.0. The van der Waals surface area contributed by atoms with E-state index in [1.807, 2.05) is 29.2 Å². The van der Waals surface area contributed by atoms with Crippen LogP contribution in [0, 0.1) is 0 Å². The minimum absolute atomic E-state index is 0.0866. The highest BCUT2D eigenvalue weighted by molar-refractivity contribution is 9.10. The van der Waals surface area contributed by atoms with Crippen LogP contribution in [0.5, 0.6) is 0 Å². The zero-order chi connectivity index (χ0) is 17.8. The van der Waals surface area contributed by atoms with Gasteiger partial charge < -0.3 is 14.2 Å². The molecule has 1 aromatic heterocycles. The lowest BCUT2D eigenvalue weighted by atomic mass is 10.3. The van der Waals surface area contributed by atoms with E-state index in [2.05, 4.69) is 27.8 Å². The van der Waals surface area contributed by atoms with Crippen LogP contribution in [0.2, 0.25) is 0 Å². The lowest BCUT2D eigenvalue weighted by Crippen LogP contribution is -2.48. The van der Waals surface area contributed by atoms with Crippen molar-refractivity contribution in [2.24, 2.45) is 0 Å². The predicted octanol–water partition coefficient (Wildman–Crippen LogP) is 3.13. The second-order valence-corrected chi connectivity index (χ2v) is 8.30. The van der Waals surface area contributed by atoms with Gasteiger partial charge in [0.2, 0.25) is 0 Å². The van der Waals surface area contributed by atoms with Crippen molar-refractivity contribution in [2.45, 2.75) is 17.6 Å². The number of hydrogen-bond acceptors (Lipinski definition) is 4. The van der Waals surface area contributed by atoms with Gasteiger partial charge in [-0.2, -0.15) is 0 Å². The van der Waals surface area contributed by atoms with Crippen LogP contribution in [0.3, 0.4) is 0 Å². The van der Waals surface area contributed by atoms with E-state index in [1.165, 1.54) is 0 Å². The summed E-state index contributed by atoms with van der Waals surface area (Å²) in [7, 11) is -1.20. The molecule has 5 nitrogen and oxygen atoms in total. The smallest absolute Gasteiger partial charge is 0.289 e. The monoisotopic (exact) mass is 424 g/mol. The number of halogens is 1. The van der Waals surface area contributed by atoms with Gasteiger partial charge in [0.1, 0.15) is 5.76 Å². The summed E-state index contributed by atoms with van der Waals surface area (Å²) in [5.74, 6) is 1.07. The molecule has 134 valence electrons. The minimum atomic E-state index is -1.20. The third kappa shape index (κ3) is 4.59. The van der Waals surface area contributed by atoms with Crippen LogP contribution < -0.4 is 0 Å². The minimum Gasteiger partial charge on any atom is -0.455 e. The number of furan rings is 1. The summed E-state index contributed by atoms with van der Waals surface area (Å²) in [4.78, 5) is 17.4. The van der Waals surface area contributed by atoms with E-state index in [0.29, 0.717) is 24.6 Å². The van der Waals surface area contributed by atoms with Gasteiger partial charge in [-0.3, -0.25) is 9.00 Å². The van der Waals surface area contributed by atoms with Gasteiger partial charge in [0, 0.05) is 35.5 Å². The van der Waals surface area contributed by atoms with Crippen molar-refractivity contribution in [1.82, 2.24) is 9.80 Å². The molecule has 0 radical (unpaired) electrons. The fourth-order valence-corrected chi connectivity index (χ4v) is 4.08. The maximum atomic E-state index is 12.5. The van der Waals surface area contributed by atoms with Gasteiger partial charge in [0.15, 0.2) is 5.76 Å². The first-order valence-corrected chi connectivity index (χ1v) is 10.4. The molecule has 1 saturated heterocycles. The quantitative estimate of drug-likeness (QED) is 0.739. The van der Waals surface area contributed by atoms with E-state index in [4.69, 9.17) is 4.42 Å². The summed E-state index contributed by atoms with van der Waals surface area (Å²) in [6, 6.07) is 10.8. The highest BCUT2D eigenvalue weighted by Crippen LogP contribution is 2.19. The lowest BCUT2D eigenvalue weighted by Gasteiger charge is -2.33. The van der Waals surface area contributed by atoms with Crippen LogP contribution in [0.25, 0.3) is 0 Å². The van der Waals surface area contributed by atoms with Gasteiger partial charge in [-0.05, 0) is 42.9 Å². The molecule has 2 heterocycles. The first-order valence-electron chi connectivity index (χ1n) is 8.31. The van der Waals surface area contributed by atoms with Gasteiger partial charge in [0.25, 0.3) is 5.91 Å². The van der Waals surface area contributed by atoms with E-state index in [-0.39, 0.29) is 11.7 Å². The van der Waals surface area contributed by atoms with E-state index < -0.39 is 10.8 Å². The molecule has 1 fully saturated rings. The van der Waals surface area contributed by atoms with Crippen molar-refractivity contribution in [1.29, 1.82) is 0 Å². The van der Waals surface area contributed by atoms with Crippen LogP contribution in [-0.2, 0) is 16.6 Å². The zero-order valence-electron chi connectivity index (χ0n) is 14.1. The van der Waals surface area contributed by atoms with Crippen LogP contribution >= 0.6 is 15.9 Å². The van der Waals surface area contributed by atoms with E-state index in [9.17, 15) is 9.00 Å². The lowest BCUT2D eigenvalue weighted by molar-refractivity contribution is 0.0611. The maximum Gasteiger partial charge on any atom is 0.289 e. The number of carbonyl (C=O) groups excluding carboxylic acids is 1. The number of rotatable bonds is 5. The Hall–Kier alpha value is -1.44. The molecule has 25 heavy (non-hydrogen) atoms. The number of benzene rings is 1. The molecular weight excluding hydrogens is 404 g/mol. The topological polar surface area (TPSA) is 53.8 Å². The average molecular weight is 425 g/mol. The molecule has 0 bridgehead atoms. The first kappa shape index (κ1) is 18.4. The number of piperazine rings is 1. The Morgan fingerprint density at radius 2 is 1.80 bits per heavy atom. The highest BCUT2D eigenvalue weighted by Gasteiger charge is 2.23. The van der Waals surface area contributed by atoms with Crippen molar-refractivity contribution >= 4 is 32.6 Å². The Bertz CT molecular complexity index is 752. The zero-order valence-corrected chi connectivity index (χ0v) is 16.5. The maximum absolute atomic E-state index is 12.5. The standard InChI is InChI=1S/C18H21BrN2O3S/c1-2-20-9-11-21(12-10-20)18(22)17-8-5-15(24-17)13-25(23)16-6-3-14(19)4-7-16/h3-8H,2,9-13H2,1H3/t25-/m1/s1. The molecule has 0 spiro atoms. The fourth-order valence-electron chi connectivity index (χ4n) is 2.79. The summed E-state index contributed by atoms with van der Waals surface area (Å²) in [5, 5.41) is 0. The molecule has 0 unspecified atom stereocenters. The molecule has 3 rings (SSSR count). The molecule has 1 amide bonds. The highest BCUT2D eigenvalue weighted by atomic mass is 79.9. The first-order chi connectivity index (χ1) is 12.1. The van der Waals surface area contributed by atoms with Gasteiger partial charge in [-0.15, -0.1) is 0 Å². The molecular formula is C18H21BrN2O3S. The van der Waals surface area contributed by atoms with Gasteiger partial charge >= 0.3 is 0 Å². The number of hydrogen-bond donors (Lipinski definition) is 0. The van der Waals surface area contributed by atoms with Crippen LogP contribution in [0.4, 0.5) is 0 Å². The van der Waals surface area contributed by atoms with Gasteiger partial charge in [-0.25, -0.2) is 0 Å². The Labute approximate surface area is 158 Å². The van der Waals surface area contributed by atoms with E-state index in [1.54, 1.807) is 12.1 Å². The third-order valence-corrected chi connectivity index (χ3v) is 6.20. The molecule has 0 saturated carbocycles. The van der Waals surface area contributed by atoms with Crippen molar-refractivity contribution in [3.8, 4) is 0 Å². The van der Waals surface area contributed by atoms with E-state index in [0.717, 1.165) is 29.0 Å². The Balaban J connectivity index is 1.61. The van der Waals surface area contributed by atoms with Crippen LogP contribution in [0.1, 0.15) is 23.2 Å². The third-order valence-electron chi connectivity index (χ3n) is 4.33. The normalized spacial score (nSPS) is 16.8. The molecule has 1 aliphatic heterocycles. The number of carbonyl (C=O) groups is 1. The van der Waals surface area contributed by atoms with Crippen molar-refractivity contribution in [2.75, 3.05) is 32.7 Å². The van der Waals surface area contributed by atoms with Crippen molar-refractivity contribution in [3.63, 3.8) is 0 Å². The number of amides is 1. The molecule has 1 aliphatic rings. The Morgan fingerprint density at radius 1 is 1.12 bits per heavy atom. The SMILES string of the molecule is CCN1CCN(C(=O)c2ccc(C[S@@](=O)c3ccc(Br)cc3)o2)CC1. The van der Waals surface area contributed by atoms with Gasteiger partial charge in [0.05, 0.1) is 16.6 Å². The molecule has 1 atom stereocenters. The Morgan fingerprint density at radius 3 is 2.44 bits per heavy atom. The summed E-state index contributed by atoms with van der Waals surface area (Å²) in [5.41, 5.74) is 0. The second kappa shape index (κ2) is 8.29. The second-order valence-electron chi connectivity index (χ2n) is 5.94. The fraction of sp³-hybridized carbons (Fsp3) is 0.389. The number of nitrogens with zero attached hydrogens (tertiary/aromatic N) is 2. The van der Waals surface area contributed by atoms with Crippen LogP contribution in [-0.4, -0.2) is 52.6 Å². The average Bonchev–Trinajstić information content (AvgIpc) is 3.10.